The molecule has 0 bridgehead atoms. The fourth-order valence-electron chi connectivity index (χ4n) is 3.54. The number of fused-ring (bicyclic) bond motifs is 3. The Labute approximate surface area is 154 Å². The fourth-order valence-corrected chi connectivity index (χ4v) is 3.54. The van der Waals surface area contributed by atoms with Crippen LogP contribution in [0, 0.1) is 0 Å². The minimum atomic E-state index is 0.998. The summed E-state index contributed by atoms with van der Waals surface area (Å²) in [5, 5.41) is 2.56. The molecule has 2 heterocycles. The first-order chi connectivity index (χ1) is 12.8. The first-order valence-electron chi connectivity index (χ1n) is 9.47. The summed E-state index contributed by atoms with van der Waals surface area (Å²) < 4.78 is 0. The van der Waals surface area contributed by atoms with Crippen LogP contribution in [0.15, 0.2) is 60.8 Å². The van der Waals surface area contributed by atoms with Crippen LogP contribution in [-0.2, 0) is 6.42 Å². The number of nitrogens with one attached hydrogen (secondary N) is 1. The molecule has 2 aromatic heterocycles. The third kappa shape index (κ3) is 3.41. The third-order valence-corrected chi connectivity index (χ3v) is 4.92. The van der Waals surface area contributed by atoms with E-state index in [0.29, 0.717) is 0 Å². The summed E-state index contributed by atoms with van der Waals surface area (Å²) in [6, 6.07) is 19.2. The van der Waals surface area contributed by atoms with Crippen molar-refractivity contribution in [1.29, 1.82) is 0 Å². The van der Waals surface area contributed by atoms with Gasteiger partial charge >= 0.3 is 0 Å². The van der Waals surface area contributed by atoms with Crippen LogP contribution in [0.4, 0.5) is 0 Å². The van der Waals surface area contributed by atoms with Crippen LogP contribution in [-0.4, -0.2) is 9.97 Å². The van der Waals surface area contributed by atoms with Gasteiger partial charge in [-0.2, -0.15) is 0 Å². The van der Waals surface area contributed by atoms with Crippen molar-refractivity contribution in [3.8, 4) is 0 Å². The number of aromatic amines is 1. The summed E-state index contributed by atoms with van der Waals surface area (Å²) in [5.74, 6) is 0. The largest absolute Gasteiger partial charge is 0.339 e. The Kier molecular flexibility index (Phi) is 4.83. The van der Waals surface area contributed by atoms with E-state index in [1.165, 1.54) is 46.7 Å². The standard InChI is InChI=1S/C24H24N2/c1-2-3-5-10-20-15-16-25-24-23(20)21-17-19(13-14-22(21)26-24)12-11-18-8-6-4-7-9-18/h4,6-9,11-17H,2-3,5,10H2,1H3,(H,25,26). The second kappa shape index (κ2) is 7.57. The summed E-state index contributed by atoms with van der Waals surface area (Å²) in [6.07, 6.45) is 11.1. The Morgan fingerprint density at radius 3 is 2.62 bits per heavy atom. The van der Waals surface area contributed by atoms with Gasteiger partial charge in [-0.3, -0.25) is 0 Å². The van der Waals surface area contributed by atoms with Crippen LogP contribution in [0.5, 0.6) is 0 Å². The Hall–Kier alpha value is -2.87. The molecule has 0 fully saturated rings. The van der Waals surface area contributed by atoms with Crippen molar-refractivity contribution in [2.24, 2.45) is 0 Å². The van der Waals surface area contributed by atoms with Crippen molar-refractivity contribution in [1.82, 2.24) is 9.97 Å². The molecule has 2 heteroatoms. The lowest BCUT2D eigenvalue weighted by Gasteiger charge is -2.03. The Bertz CT molecular complexity index is 1040. The molecule has 2 aromatic carbocycles. The molecule has 26 heavy (non-hydrogen) atoms. The number of hydrogen-bond acceptors (Lipinski definition) is 1. The molecule has 0 spiro atoms. The van der Waals surface area contributed by atoms with Gasteiger partial charge in [0, 0.05) is 22.5 Å². The smallest absolute Gasteiger partial charge is 0.138 e. The van der Waals surface area contributed by atoms with E-state index < -0.39 is 0 Å². The van der Waals surface area contributed by atoms with Gasteiger partial charge in [0.15, 0.2) is 0 Å². The van der Waals surface area contributed by atoms with Gasteiger partial charge in [-0.05, 0) is 47.7 Å². The first-order valence-corrected chi connectivity index (χ1v) is 9.47. The van der Waals surface area contributed by atoms with Gasteiger partial charge in [0.05, 0.1) is 0 Å². The fraction of sp³-hybridized carbons (Fsp3) is 0.208. The number of nitrogens with zero attached hydrogens (tertiary/aromatic N) is 1. The Balaban J connectivity index is 1.74. The topological polar surface area (TPSA) is 28.7 Å². The molecule has 2 nitrogen and oxygen atoms in total. The minimum Gasteiger partial charge on any atom is -0.339 e. The molecular formula is C24H24N2. The van der Waals surface area contributed by atoms with E-state index in [4.69, 9.17) is 0 Å². The van der Waals surface area contributed by atoms with Crippen LogP contribution in [0.1, 0.15) is 42.9 Å². The molecule has 1 N–H and O–H groups in total. The zero-order valence-corrected chi connectivity index (χ0v) is 15.2. The monoisotopic (exact) mass is 340 g/mol. The maximum atomic E-state index is 4.56. The number of pyridine rings is 1. The lowest BCUT2D eigenvalue weighted by atomic mass is 10.0. The highest BCUT2D eigenvalue weighted by molar-refractivity contribution is 6.08. The molecule has 0 aliphatic rings. The predicted molar refractivity (Wildman–Crippen MR) is 112 cm³/mol. The molecule has 0 saturated carbocycles. The quantitative estimate of drug-likeness (QED) is 0.310. The van der Waals surface area contributed by atoms with Gasteiger partial charge in [0.25, 0.3) is 0 Å². The summed E-state index contributed by atoms with van der Waals surface area (Å²) in [4.78, 5) is 8.03. The van der Waals surface area contributed by atoms with E-state index in [1.54, 1.807) is 0 Å². The molecule has 4 rings (SSSR count). The van der Waals surface area contributed by atoms with E-state index in [9.17, 15) is 0 Å². The van der Waals surface area contributed by atoms with E-state index in [2.05, 4.69) is 77.6 Å². The van der Waals surface area contributed by atoms with Gasteiger partial charge < -0.3 is 4.98 Å². The van der Waals surface area contributed by atoms with Crippen molar-refractivity contribution in [3.63, 3.8) is 0 Å². The van der Waals surface area contributed by atoms with Gasteiger partial charge in [-0.1, -0.05) is 68.3 Å². The van der Waals surface area contributed by atoms with Crippen molar-refractivity contribution in [2.45, 2.75) is 32.6 Å². The van der Waals surface area contributed by atoms with Crippen LogP contribution < -0.4 is 0 Å². The van der Waals surface area contributed by atoms with Crippen molar-refractivity contribution < 1.29 is 0 Å². The lowest BCUT2D eigenvalue weighted by molar-refractivity contribution is 0.719. The minimum absolute atomic E-state index is 0.998. The number of rotatable bonds is 6. The molecule has 0 unspecified atom stereocenters. The molecule has 0 atom stereocenters. The van der Waals surface area contributed by atoms with Crippen LogP contribution >= 0.6 is 0 Å². The van der Waals surface area contributed by atoms with Crippen molar-refractivity contribution >= 4 is 34.1 Å². The molecule has 0 radical (unpaired) electrons. The van der Waals surface area contributed by atoms with Gasteiger partial charge in [-0.25, -0.2) is 4.98 Å². The lowest BCUT2D eigenvalue weighted by Crippen LogP contribution is -1.88. The normalized spacial score (nSPS) is 11.7. The highest BCUT2D eigenvalue weighted by Crippen LogP contribution is 2.29. The Morgan fingerprint density at radius 2 is 1.77 bits per heavy atom. The molecule has 0 saturated heterocycles. The van der Waals surface area contributed by atoms with Gasteiger partial charge in [-0.15, -0.1) is 0 Å². The molecule has 4 aromatic rings. The summed E-state index contributed by atoms with van der Waals surface area (Å²) in [6.45, 7) is 2.25. The average molecular weight is 340 g/mol. The van der Waals surface area contributed by atoms with E-state index >= 15 is 0 Å². The number of unbranched alkanes of at least 4 members (excludes halogenated alkanes) is 2. The highest BCUT2D eigenvalue weighted by atomic mass is 14.8. The predicted octanol–water partition coefficient (Wildman–Crippen LogP) is 6.62. The van der Waals surface area contributed by atoms with Gasteiger partial charge in [0.1, 0.15) is 5.65 Å². The number of benzene rings is 2. The van der Waals surface area contributed by atoms with E-state index in [1.807, 2.05) is 12.3 Å². The molecule has 0 aliphatic heterocycles. The van der Waals surface area contributed by atoms with Crippen LogP contribution in [0.25, 0.3) is 34.1 Å². The first kappa shape index (κ1) is 16.6. The third-order valence-electron chi connectivity index (χ3n) is 4.92. The number of hydrogen-bond donors (Lipinski definition) is 1. The summed E-state index contributed by atoms with van der Waals surface area (Å²) in [5.41, 5.74) is 5.99. The molecule has 130 valence electrons. The van der Waals surface area contributed by atoms with E-state index in [-0.39, 0.29) is 0 Å². The zero-order valence-electron chi connectivity index (χ0n) is 15.2. The van der Waals surface area contributed by atoms with Gasteiger partial charge in [0.2, 0.25) is 0 Å². The van der Waals surface area contributed by atoms with E-state index in [0.717, 1.165) is 17.6 Å². The average Bonchev–Trinajstić information content (AvgIpc) is 3.06. The van der Waals surface area contributed by atoms with Crippen LogP contribution in [0.3, 0.4) is 0 Å². The Morgan fingerprint density at radius 1 is 0.923 bits per heavy atom. The second-order valence-corrected chi connectivity index (χ2v) is 6.82. The molecule has 0 aliphatic carbocycles. The maximum Gasteiger partial charge on any atom is 0.138 e. The van der Waals surface area contributed by atoms with Crippen molar-refractivity contribution in [3.05, 3.63) is 77.5 Å². The molecular weight excluding hydrogens is 316 g/mol. The summed E-state index contributed by atoms with van der Waals surface area (Å²) in [7, 11) is 0. The SMILES string of the molecule is CCCCCc1ccnc2[nH]c3ccc(C=Cc4ccccc4)cc3c12. The number of H-pyrrole nitrogens is 1. The zero-order chi connectivity index (χ0) is 17.8. The molecule has 0 amide bonds. The second-order valence-electron chi connectivity index (χ2n) is 6.82. The van der Waals surface area contributed by atoms with Crippen LogP contribution in [0.2, 0.25) is 0 Å². The number of aryl methyl sites for hydroxylation is 1. The highest BCUT2D eigenvalue weighted by Gasteiger charge is 2.10. The summed E-state index contributed by atoms with van der Waals surface area (Å²) >= 11 is 0. The van der Waals surface area contributed by atoms with Crippen molar-refractivity contribution in [2.75, 3.05) is 0 Å². The maximum absolute atomic E-state index is 4.56. The number of aromatic nitrogens is 2.